The SMILES string of the molecule is CCCCC=C1CC[C@@]2(Cc3ccc(O)cc3)c3ccc(O)cc3CC[C@H]2C1. The van der Waals surface area contributed by atoms with Crippen LogP contribution in [-0.2, 0) is 18.3 Å². The lowest BCUT2D eigenvalue weighted by Gasteiger charge is -2.50. The lowest BCUT2D eigenvalue weighted by atomic mass is 9.54. The zero-order valence-electron chi connectivity index (χ0n) is 17.0. The van der Waals surface area contributed by atoms with Gasteiger partial charge in [0.15, 0.2) is 0 Å². The van der Waals surface area contributed by atoms with E-state index in [2.05, 4.69) is 31.2 Å². The van der Waals surface area contributed by atoms with Gasteiger partial charge in [0.25, 0.3) is 0 Å². The van der Waals surface area contributed by atoms with Crippen molar-refractivity contribution in [2.75, 3.05) is 0 Å². The lowest BCUT2D eigenvalue weighted by molar-refractivity contribution is 0.186. The third kappa shape index (κ3) is 3.70. The minimum atomic E-state index is 0.139. The summed E-state index contributed by atoms with van der Waals surface area (Å²) in [5.74, 6) is 1.37. The highest BCUT2D eigenvalue weighted by molar-refractivity contribution is 5.45. The summed E-state index contributed by atoms with van der Waals surface area (Å²) in [5.41, 5.74) is 5.86. The molecule has 148 valence electrons. The number of rotatable bonds is 5. The molecule has 2 aliphatic rings. The molecule has 2 aromatic rings. The van der Waals surface area contributed by atoms with Gasteiger partial charge in [0.1, 0.15) is 11.5 Å². The molecule has 0 heterocycles. The predicted octanol–water partition coefficient (Wildman–Crippen LogP) is 6.44. The minimum Gasteiger partial charge on any atom is -0.508 e. The van der Waals surface area contributed by atoms with Gasteiger partial charge in [-0.15, -0.1) is 0 Å². The molecule has 1 saturated carbocycles. The van der Waals surface area contributed by atoms with E-state index in [-0.39, 0.29) is 5.41 Å². The van der Waals surface area contributed by atoms with Crippen molar-refractivity contribution in [2.45, 2.75) is 70.1 Å². The summed E-state index contributed by atoms with van der Waals surface area (Å²) in [6, 6.07) is 13.8. The quantitative estimate of drug-likeness (QED) is 0.465. The third-order valence-electron chi connectivity index (χ3n) is 7.02. The Balaban J connectivity index is 1.69. The van der Waals surface area contributed by atoms with Crippen LogP contribution in [0.25, 0.3) is 0 Å². The number of aromatic hydroxyl groups is 2. The van der Waals surface area contributed by atoms with Crippen molar-refractivity contribution in [1.82, 2.24) is 0 Å². The largest absolute Gasteiger partial charge is 0.508 e. The Hall–Kier alpha value is -2.22. The van der Waals surface area contributed by atoms with Crippen LogP contribution in [0.15, 0.2) is 54.1 Å². The number of allylic oxidation sites excluding steroid dienone is 2. The summed E-state index contributed by atoms with van der Waals surface area (Å²) in [7, 11) is 0. The van der Waals surface area contributed by atoms with Crippen LogP contribution in [0.2, 0.25) is 0 Å². The van der Waals surface area contributed by atoms with E-state index in [0.29, 0.717) is 17.4 Å². The number of aryl methyl sites for hydroxylation is 1. The van der Waals surface area contributed by atoms with E-state index in [1.54, 1.807) is 17.7 Å². The molecule has 28 heavy (non-hydrogen) atoms. The molecule has 4 rings (SSSR count). The number of fused-ring (bicyclic) bond motifs is 3. The van der Waals surface area contributed by atoms with Gasteiger partial charge in [0.2, 0.25) is 0 Å². The maximum atomic E-state index is 10.0. The zero-order chi connectivity index (χ0) is 19.6. The summed E-state index contributed by atoms with van der Waals surface area (Å²) in [5, 5.41) is 19.7. The van der Waals surface area contributed by atoms with Gasteiger partial charge in [-0.25, -0.2) is 0 Å². The molecule has 2 atom stereocenters. The predicted molar refractivity (Wildman–Crippen MR) is 115 cm³/mol. The molecule has 2 N–H and O–H groups in total. The number of phenols is 2. The van der Waals surface area contributed by atoms with E-state index >= 15 is 0 Å². The van der Waals surface area contributed by atoms with Crippen molar-refractivity contribution in [3.05, 3.63) is 70.8 Å². The van der Waals surface area contributed by atoms with Crippen molar-refractivity contribution in [1.29, 1.82) is 0 Å². The van der Waals surface area contributed by atoms with Crippen molar-refractivity contribution in [3.63, 3.8) is 0 Å². The van der Waals surface area contributed by atoms with Crippen LogP contribution in [-0.4, -0.2) is 10.2 Å². The fraction of sp³-hybridized carbons (Fsp3) is 0.462. The molecule has 0 aromatic heterocycles. The highest BCUT2D eigenvalue weighted by Crippen LogP contribution is 2.53. The fourth-order valence-electron chi connectivity index (χ4n) is 5.54. The molecule has 0 bridgehead atoms. The summed E-state index contributed by atoms with van der Waals surface area (Å²) in [6.45, 7) is 2.26. The van der Waals surface area contributed by atoms with Crippen LogP contribution in [0.4, 0.5) is 0 Å². The van der Waals surface area contributed by atoms with Crippen molar-refractivity contribution in [3.8, 4) is 11.5 Å². The summed E-state index contributed by atoms with van der Waals surface area (Å²) in [6.07, 6.45) is 13.1. The third-order valence-corrected chi connectivity index (χ3v) is 7.02. The zero-order valence-corrected chi connectivity index (χ0v) is 17.0. The molecule has 0 saturated heterocycles. The summed E-state index contributed by atoms with van der Waals surface area (Å²) >= 11 is 0. The molecule has 2 aromatic carbocycles. The van der Waals surface area contributed by atoms with Gasteiger partial charge < -0.3 is 10.2 Å². The van der Waals surface area contributed by atoms with Gasteiger partial charge in [-0.3, -0.25) is 0 Å². The second-order valence-corrected chi connectivity index (χ2v) is 8.79. The van der Waals surface area contributed by atoms with Gasteiger partial charge >= 0.3 is 0 Å². The molecule has 0 amide bonds. The molecular formula is C26H32O2. The Bertz CT molecular complexity index is 849. The van der Waals surface area contributed by atoms with Gasteiger partial charge in [-0.2, -0.15) is 0 Å². The first-order valence-corrected chi connectivity index (χ1v) is 10.9. The number of phenolic OH excluding ortho intramolecular Hbond substituents is 2. The van der Waals surface area contributed by atoms with E-state index in [4.69, 9.17) is 0 Å². The van der Waals surface area contributed by atoms with Crippen LogP contribution < -0.4 is 0 Å². The van der Waals surface area contributed by atoms with Crippen LogP contribution in [0, 0.1) is 5.92 Å². The first-order valence-electron chi connectivity index (χ1n) is 10.9. The smallest absolute Gasteiger partial charge is 0.115 e. The molecule has 1 fully saturated rings. The van der Waals surface area contributed by atoms with Crippen molar-refractivity contribution < 1.29 is 10.2 Å². The second kappa shape index (κ2) is 8.03. The minimum absolute atomic E-state index is 0.139. The molecule has 2 heteroatoms. The van der Waals surface area contributed by atoms with Gasteiger partial charge in [-0.1, -0.05) is 49.6 Å². The Morgan fingerprint density at radius 1 is 1.04 bits per heavy atom. The normalized spacial score (nSPS) is 25.3. The molecule has 0 radical (unpaired) electrons. The summed E-state index contributed by atoms with van der Waals surface area (Å²) < 4.78 is 0. The first kappa shape index (κ1) is 19.1. The summed E-state index contributed by atoms with van der Waals surface area (Å²) in [4.78, 5) is 0. The van der Waals surface area contributed by atoms with Crippen LogP contribution in [0.1, 0.15) is 68.6 Å². The first-order chi connectivity index (χ1) is 13.6. The van der Waals surface area contributed by atoms with E-state index in [0.717, 1.165) is 12.8 Å². The molecule has 2 aliphatic carbocycles. The van der Waals surface area contributed by atoms with Crippen molar-refractivity contribution in [2.24, 2.45) is 5.92 Å². The molecule has 0 aliphatic heterocycles. The highest BCUT2D eigenvalue weighted by atomic mass is 16.3. The van der Waals surface area contributed by atoms with Gasteiger partial charge in [0, 0.05) is 5.41 Å². The number of hydrogen-bond acceptors (Lipinski definition) is 2. The van der Waals surface area contributed by atoms with Gasteiger partial charge in [0.05, 0.1) is 0 Å². The topological polar surface area (TPSA) is 40.5 Å². The molecular weight excluding hydrogens is 344 g/mol. The van der Waals surface area contributed by atoms with E-state index in [9.17, 15) is 10.2 Å². The number of benzene rings is 2. The van der Waals surface area contributed by atoms with E-state index in [1.165, 1.54) is 61.6 Å². The van der Waals surface area contributed by atoms with Crippen LogP contribution in [0.3, 0.4) is 0 Å². The molecule has 0 unspecified atom stereocenters. The Kier molecular flexibility index (Phi) is 5.48. The molecule has 2 nitrogen and oxygen atoms in total. The maximum absolute atomic E-state index is 10.0. The highest BCUT2D eigenvalue weighted by Gasteiger charge is 2.46. The monoisotopic (exact) mass is 376 g/mol. The standard InChI is InChI=1S/C26H32O2/c1-2-3-4-5-19-14-15-26(18-20-6-10-23(27)11-7-20)22(16-19)9-8-21-17-24(28)12-13-25(21)26/h5-7,10-13,17,22,27-28H,2-4,8-9,14-16,18H2,1H3/t22-,26-/m0/s1. The Morgan fingerprint density at radius 3 is 2.61 bits per heavy atom. The van der Waals surface area contributed by atoms with E-state index in [1.807, 2.05) is 12.1 Å². The fourth-order valence-corrected chi connectivity index (χ4v) is 5.54. The Labute approximate surface area is 168 Å². The van der Waals surface area contributed by atoms with Gasteiger partial charge in [-0.05, 0) is 91.8 Å². The van der Waals surface area contributed by atoms with Crippen LogP contribution >= 0.6 is 0 Å². The molecule has 0 spiro atoms. The van der Waals surface area contributed by atoms with Crippen LogP contribution in [0.5, 0.6) is 11.5 Å². The van der Waals surface area contributed by atoms with E-state index < -0.39 is 0 Å². The number of unbranched alkanes of at least 4 members (excludes halogenated alkanes) is 2. The number of hydrogen-bond donors (Lipinski definition) is 2. The Morgan fingerprint density at radius 2 is 1.82 bits per heavy atom. The average molecular weight is 377 g/mol. The van der Waals surface area contributed by atoms with Crippen molar-refractivity contribution >= 4 is 0 Å². The average Bonchev–Trinajstić information content (AvgIpc) is 2.70. The lowest BCUT2D eigenvalue weighted by Crippen LogP contribution is -2.44. The maximum Gasteiger partial charge on any atom is 0.115 e. The second-order valence-electron chi connectivity index (χ2n) is 8.79.